The van der Waals surface area contributed by atoms with Crippen LogP contribution in [0.3, 0.4) is 0 Å². The van der Waals surface area contributed by atoms with Gasteiger partial charge in [0.05, 0.1) is 14.1 Å². The maximum atomic E-state index is 5.95. The molecule has 0 radical (unpaired) electrons. The first-order valence-electron chi connectivity index (χ1n) is 6.77. The van der Waals surface area contributed by atoms with Crippen molar-refractivity contribution in [3.63, 3.8) is 0 Å². The quantitative estimate of drug-likeness (QED) is 0.545. The molecule has 0 bridgehead atoms. The fourth-order valence-corrected chi connectivity index (χ4v) is 2.76. The van der Waals surface area contributed by atoms with Crippen molar-refractivity contribution in [2.24, 2.45) is 0 Å². The fraction of sp³-hybridized carbons (Fsp3) is 0.222. The highest BCUT2D eigenvalue weighted by molar-refractivity contribution is 6.30. The molecule has 2 heteroatoms. The molecular weight excluding hydrogens is 266 g/mol. The molecule has 2 rings (SSSR count). The summed E-state index contributed by atoms with van der Waals surface area (Å²) in [6, 6.07) is 18.9. The van der Waals surface area contributed by atoms with Crippen molar-refractivity contribution in [2.75, 3.05) is 14.1 Å². The molecule has 2 aromatic carbocycles. The predicted molar refractivity (Wildman–Crippen MR) is 86.6 cm³/mol. The molecule has 0 aliphatic heterocycles. The predicted octanol–water partition coefficient (Wildman–Crippen LogP) is 4.84. The number of halogens is 1. The third-order valence-electron chi connectivity index (χ3n) is 3.62. The van der Waals surface area contributed by atoms with E-state index in [2.05, 4.69) is 57.1 Å². The van der Waals surface area contributed by atoms with E-state index in [0.717, 1.165) is 16.1 Å². The zero-order valence-electron chi connectivity index (χ0n) is 12.1. The lowest BCUT2D eigenvalue weighted by molar-refractivity contribution is -0.927. The van der Waals surface area contributed by atoms with Gasteiger partial charge >= 0.3 is 0 Å². The molecule has 0 fully saturated rings. The molecule has 1 nitrogen and oxygen atoms in total. The average Bonchev–Trinajstić information content (AvgIpc) is 2.43. The van der Waals surface area contributed by atoms with Crippen LogP contribution in [-0.2, 0) is 6.54 Å². The smallest absolute Gasteiger partial charge is 0.133 e. The molecule has 0 spiro atoms. The Morgan fingerprint density at radius 1 is 1.05 bits per heavy atom. The summed E-state index contributed by atoms with van der Waals surface area (Å²) in [4.78, 5) is 0. The average molecular weight is 287 g/mol. The molecular formula is C18H21ClN+. The van der Waals surface area contributed by atoms with Crippen LogP contribution in [0.4, 0.5) is 0 Å². The summed E-state index contributed by atoms with van der Waals surface area (Å²) in [6.07, 6.45) is 2.03. The maximum Gasteiger partial charge on any atom is 0.133 e. The number of nitrogens with zero attached hydrogens (tertiary/aromatic N) is 1. The van der Waals surface area contributed by atoms with Crippen LogP contribution < -0.4 is 0 Å². The minimum atomic E-state index is 0.270. The lowest BCUT2D eigenvalue weighted by Crippen LogP contribution is -2.41. The zero-order valence-corrected chi connectivity index (χ0v) is 12.8. The van der Waals surface area contributed by atoms with Crippen LogP contribution in [0.15, 0.2) is 67.3 Å². The Labute approximate surface area is 126 Å². The van der Waals surface area contributed by atoms with Gasteiger partial charge in [-0.1, -0.05) is 60.6 Å². The Balaban J connectivity index is 2.23. The number of hydrogen-bond acceptors (Lipinski definition) is 0. The summed E-state index contributed by atoms with van der Waals surface area (Å²) < 4.78 is 0.829. The monoisotopic (exact) mass is 286 g/mol. The van der Waals surface area contributed by atoms with Crippen molar-refractivity contribution in [3.05, 3.63) is 83.4 Å². The van der Waals surface area contributed by atoms with E-state index in [0.29, 0.717) is 0 Å². The van der Waals surface area contributed by atoms with Gasteiger partial charge in [0.2, 0.25) is 0 Å². The van der Waals surface area contributed by atoms with Crippen LogP contribution in [0.25, 0.3) is 0 Å². The van der Waals surface area contributed by atoms with Gasteiger partial charge in [0.15, 0.2) is 0 Å². The summed E-state index contributed by atoms with van der Waals surface area (Å²) in [5.74, 6) is 0. The molecule has 0 amide bonds. The van der Waals surface area contributed by atoms with Crippen molar-refractivity contribution < 1.29 is 4.48 Å². The van der Waals surface area contributed by atoms with E-state index in [9.17, 15) is 0 Å². The fourth-order valence-electron chi connectivity index (χ4n) is 2.63. The molecule has 1 unspecified atom stereocenters. The highest BCUT2D eigenvalue weighted by atomic mass is 35.5. The molecule has 0 aliphatic rings. The molecule has 0 aromatic heterocycles. The third kappa shape index (κ3) is 3.50. The van der Waals surface area contributed by atoms with Gasteiger partial charge in [0, 0.05) is 16.1 Å². The van der Waals surface area contributed by atoms with E-state index in [1.807, 2.05) is 24.3 Å². The van der Waals surface area contributed by atoms with E-state index < -0.39 is 0 Å². The van der Waals surface area contributed by atoms with Crippen LogP contribution in [0.1, 0.15) is 17.2 Å². The summed E-state index contributed by atoms with van der Waals surface area (Å²) in [5.41, 5.74) is 2.57. The highest BCUT2D eigenvalue weighted by Crippen LogP contribution is 2.28. The first kappa shape index (κ1) is 14.8. The normalized spacial score (nSPS) is 12.9. The highest BCUT2D eigenvalue weighted by Gasteiger charge is 2.27. The van der Waals surface area contributed by atoms with E-state index in [1.165, 1.54) is 11.1 Å². The Bertz CT molecular complexity index is 558. The SMILES string of the molecule is C=CC(c1ccccc1)[N+](C)(C)Cc1ccc(Cl)cc1. The second kappa shape index (κ2) is 6.25. The summed E-state index contributed by atoms with van der Waals surface area (Å²) in [7, 11) is 4.46. The van der Waals surface area contributed by atoms with Gasteiger partial charge in [-0.2, -0.15) is 0 Å². The van der Waals surface area contributed by atoms with Crippen LogP contribution in [0.5, 0.6) is 0 Å². The van der Waals surface area contributed by atoms with Gasteiger partial charge in [-0.3, -0.25) is 0 Å². The van der Waals surface area contributed by atoms with Gasteiger partial charge in [0.25, 0.3) is 0 Å². The van der Waals surface area contributed by atoms with Gasteiger partial charge in [0.1, 0.15) is 12.6 Å². The molecule has 20 heavy (non-hydrogen) atoms. The van der Waals surface area contributed by atoms with Gasteiger partial charge in [-0.15, -0.1) is 0 Å². The molecule has 0 heterocycles. The third-order valence-corrected chi connectivity index (χ3v) is 3.87. The summed E-state index contributed by atoms with van der Waals surface area (Å²) in [6.45, 7) is 4.96. The zero-order chi connectivity index (χ0) is 14.6. The van der Waals surface area contributed by atoms with Gasteiger partial charge in [-0.05, 0) is 18.2 Å². The largest absolute Gasteiger partial charge is 0.315 e. The topological polar surface area (TPSA) is 0 Å². The van der Waals surface area contributed by atoms with Gasteiger partial charge < -0.3 is 4.48 Å². The second-order valence-electron chi connectivity index (χ2n) is 5.65. The Kier molecular flexibility index (Phi) is 4.64. The molecule has 2 aromatic rings. The minimum absolute atomic E-state index is 0.270. The first-order chi connectivity index (χ1) is 9.53. The van der Waals surface area contributed by atoms with E-state index in [-0.39, 0.29) is 6.04 Å². The number of hydrogen-bond donors (Lipinski definition) is 0. The van der Waals surface area contributed by atoms with E-state index in [4.69, 9.17) is 11.6 Å². The van der Waals surface area contributed by atoms with Crippen molar-refractivity contribution in [2.45, 2.75) is 12.6 Å². The Morgan fingerprint density at radius 2 is 1.65 bits per heavy atom. The number of benzene rings is 2. The number of rotatable bonds is 5. The van der Waals surface area contributed by atoms with Crippen molar-refractivity contribution in [1.29, 1.82) is 0 Å². The minimum Gasteiger partial charge on any atom is -0.315 e. The summed E-state index contributed by atoms with van der Waals surface area (Å²) in [5, 5.41) is 0.780. The molecule has 0 saturated carbocycles. The van der Waals surface area contributed by atoms with Crippen LogP contribution in [-0.4, -0.2) is 18.6 Å². The number of quaternary nitrogens is 1. The standard InChI is InChI=1S/C18H21ClN/c1-4-18(16-8-6-5-7-9-16)20(2,3)14-15-10-12-17(19)13-11-15/h4-13,18H,1,14H2,2-3H3/q+1. The molecule has 1 atom stereocenters. The van der Waals surface area contributed by atoms with Crippen molar-refractivity contribution in [3.8, 4) is 0 Å². The van der Waals surface area contributed by atoms with Crippen LogP contribution in [0, 0.1) is 0 Å². The Hall–Kier alpha value is -1.57. The molecule has 0 saturated heterocycles. The second-order valence-corrected chi connectivity index (χ2v) is 6.09. The summed E-state index contributed by atoms with van der Waals surface area (Å²) >= 11 is 5.95. The van der Waals surface area contributed by atoms with Gasteiger partial charge in [-0.25, -0.2) is 0 Å². The van der Waals surface area contributed by atoms with E-state index in [1.54, 1.807) is 0 Å². The van der Waals surface area contributed by atoms with E-state index >= 15 is 0 Å². The van der Waals surface area contributed by atoms with Crippen molar-refractivity contribution in [1.82, 2.24) is 0 Å². The molecule has 104 valence electrons. The molecule has 0 N–H and O–H groups in total. The van der Waals surface area contributed by atoms with Crippen LogP contribution in [0.2, 0.25) is 5.02 Å². The Morgan fingerprint density at radius 3 is 2.20 bits per heavy atom. The molecule has 0 aliphatic carbocycles. The maximum absolute atomic E-state index is 5.95. The number of likely N-dealkylation sites (N-methyl/N-ethyl adjacent to an activating group) is 1. The lowest BCUT2D eigenvalue weighted by atomic mass is 10.0. The lowest BCUT2D eigenvalue weighted by Gasteiger charge is -2.37. The van der Waals surface area contributed by atoms with Crippen molar-refractivity contribution >= 4 is 11.6 Å². The van der Waals surface area contributed by atoms with Crippen LogP contribution >= 0.6 is 11.6 Å². The first-order valence-corrected chi connectivity index (χ1v) is 7.15.